The minimum absolute atomic E-state index is 0.229. The number of hydrogen-bond acceptors (Lipinski definition) is 4. The first-order valence-electron chi connectivity index (χ1n) is 8.67. The number of rotatable bonds is 7. The highest BCUT2D eigenvalue weighted by molar-refractivity contribution is 7.98. The fourth-order valence-corrected chi connectivity index (χ4v) is 3.25. The van der Waals surface area contributed by atoms with E-state index in [-0.39, 0.29) is 11.8 Å². The molecule has 1 atom stereocenters. The molecule has 3 aromatic rings. The van der Waals surface area contributed by atoms with Crippen molar-refractivity contribution in [1.29, 1.82) is 0 Å². The summed E-state index contributed by atoms with van der Waals surface area (Å²) in [7, 11) is 0. The molecule has 0 bridgehead atoms. The summed E-state index contributed by atoms with van der Waals surface area (Å²) in [6.07, 6.45) is 4.23. The van der Waals surface area contributed by atoms with Crippen LogP contribution in [0.1, 0.15) is 22.3 Å². The van der Waals surface area contributed by atoms with Crippen LogP contribution in [0.2, 0.25) is 0 Å². The first-order valence-corrected chi connectivity index (χ1v) is 10.1. The van der Waals surface area contributed by atoms with E-state index in [1.54, 1.807) is 24.0 Å². The number of carbonyl (C=O) groups excluding carboxylic acids is 2. The molecule has 0 fully saturated rings. The quantitative estimate of drug-likeness (QED) is 0.585. The van der Waals surface area contributed by atoms with E-state index in [1.165, 1.54) is 0 Å². The molecule has 1 unspecified atom stereocenters. The zero-order valence-corrected chi connectivity index (χ0v) is 16.1. The molecule has 0 saturated heterocycles. The molecule has 1 heterocycles. The van der Waals surface area contributed by atoms with Gasteiger partial charge in [0.25, 0.3) is 5.91 Å². The number of nitrogens with zero attached hydrogens (tertiary/aromatic N) is 1. The van der Waals surface area contributed by atoms with Crippen LogP contribution in [0.25, 0.3) is 10.9 Å². The van der Waals surface area contributed by atoms with Crippen molar-refractivity contribution in [2.24, 2.45) is 0 Å². The summed E-state index contributed by atoms with van der Waals surface area (Å²) in [6.45, 7) is 1.93. The first kappa shape index (κ1) is 19.0. The number of aromatic amines is 1. The summed E-state index contributed by atoms with van der Waals surface area (Å²) in [5, 5.41) is 13.5. The molecule has 6 nitrogen and oxygen atoms in total. The highest BCUT2D eigenvalue weighted by Gasteiger charge is 2.21. The van der Waals surface area contributed by atoms with Crippen LogP contribution in [0.3, 0.4) is 0 Å². The number of amides is 2. The van der Waals surface area contributed by atoms with E-state index >= 15 is 0 Å². The Morgan fingerprint density at radius 1 is 1.22 bits per heavy atom. The molecule has 2 amide bonds. The van der Waals surface area contributed by atoms with Crippen LogP contribution in [-0.2, 0) is 4.79 Å². The summed E-state index contributed by atoms with van der Waals surface area (Å²) in [6, 6.07) is 12.2. The second kappa shape index (κ2) is 8.73. The number of nitrogens with one attached hydrogen (secondary N) is 3. The van der Waals surface area contributed by atoms with Crippen molar-refractivity contribution in [2.75, 3.05) is 17.3 Å². The summed E-state index contributed by atoms with van der Waals surface area (Å²) < 4.78 is 0. The Labute approximate surface area is 162 Å². The Morgan fingerprint density at radius 2 is 2.07 bits per heavy atom. The number of H-pyrrole nitrogens is 1. The monoisotopic (exact) mass is 382 g/mol. The number of aryl methyl sites for hydroxylation is 1. The van der Waals surface area contributed by atoms with Gasteiger partial charge in [-0.15, -0.1) is 0 Å². The van der Waals surface area contributed by atoms with Crippen LogP contribution in [0, 0.1) is 6.92 Å². The van der Waals surface area contributed by atoms with Crippen LogP contribution in [-0.4, -0.2) is 40.1 Å². The number of aromatic nitrogens is 2. The van der Waals surface area contributed by atoms with Crippen molar-refractivity contribution in [3.63, 3.8) is 0 Å². The van der Waals surface area contributed by atoms with Gasteiger partial charge in [-0.1, -0.05) is 17.7 Å². The second-order valence-electron chi connectivity index (χ2n) is 6.34. The van der Waals surface area contributed by atoms with Crippen molar-refractivity contribution in [1.82, 2.24) is 15.5 Å². The number of thioether (sulfide) groups is 1. The van der Waals surface area contributed by atoms with Gasteiger partial charge in [0.1, 0.15) is 6.04 Å². The van der Waals surface area contributed by atoms with E-state index in [1.807, 2.05) is 49.6 Å². The third-order valence-corrected chi connectivity index (χ3v) is 4.86. The Bertz CT molecular complexity index is 954. The SMILES string of the molecule is CSCCC(NC(=O)c1cccc(C)c1)C(=O)Nc1ccc2[nH]ncc2c1. The average Bonchev–Trinajstić information content (AvgIpc) is 3.12. The Hall–Kier alpha value is -2.80. The van der Waals surface area contributed by atoms with Gasteiger partial charge >= 0.3 is 0 Å². The normalized spacial score (nSPS) is 11.9. The lowest BCUT2D eigenvalue weighted by atomic mass is 10.1. The van der Waals surface area contributed by atoms with Crippen LogP contribution >= 0.6 is 11.8 Å². The highest BCUT2D eigenvalue weighted by Crippen LogP contribution is 2.17. The fraction of sp³-hybridized carbons (Fsp3) is 0.250. The summed E-state index contributed by atoms with van der Waals surface area (Å²) in [5.74, 6) is 0.297. The van der Waals surface area contributed by atoms with Crippen molar-refractivity contribution in [3.05, 3.63) is 59.8 Å². The summed E-state index contributed by atoms with van der Waals surface area (Å²) >= 11 is 1.64. The molecule has 140 valence electrons. The predicted molar refractivity (Wildman–Crippen MR) is 110 cm³/mol. The Balaban J connectivity index is 1.72. The van der Waals surface area contributed by atoms with E-state index in [0.29, 0.717) is 17.7 Å². The van der Waals surface area contributed by atoms with Gasteiger partial charge in [0.2, 0.25) is 5.91 Å². The van der Waals surface area contributed by atoms with Gasteiger partial charge in [0.05, 0.1) is 11.7 Å². The second-order valence-corrected chi connectivity index (χ2v) is 7.32. The maximum absolute atomic E-state index is 12.8. The van der Waals surface area contributed by atoms with E-state index in [9.17, 15) is 9.59 Å². The van der Waals surface area contributed by atoms with E-state index in [4.69, 9.17) is 0 Å². The molecule has 0 spiro atoms. The van der Waals surface area contributed by atoms with Gasteiger partial charge in [0, 0.05) is 16.6 Å². The lowest BCUT2D eigenvalue weighted by Crippen LogP contribution is -2.44. The number of benzene rings is 2. The molecule has 0 radical (unpaired) electrons. The number of fused-ring (bicyclic) bond motifs is 1. The molecule has 0 aliphatic heterocycles. The molecule has 27 heavy (non-hydrogen) atoms. The maximum Gasteiger partial charge on any atom is 0.251 e. The predicted octanol–water partition coefficient (Wildman–Crippen LogP) is 3.36. The van der Waals surface area contributed by atoms with Gasteiger partial charge < -0.3 is 10.6 Å². The van der Waals surface area contributed by atoms with Gasteiger partial charge in [-0.2, -0.15) is 16.9 Å². The molecule has 3 N–H and O–H groups in total. The minimum Gasteiger partial charge on any atom is -0.340 e. The highest BCUT2D eigenvalue weighted by atomic mass is 32.2. The fourth-order valence-electron chi connectivity index (χ4n) is 2.78. The number of anilines is 1. The van der Waals surface area contributed by atoms with Crippen LogP contribution < -0.4 is 10.6 Å². The van der Waals surface area contributed by atoms with E-state index < -0.39 is 6.04 Å². The van der Waals surface area contributed by atoms with Gasteiger partial charge in [-0.25, -0.2) is 0 Å². The zero-order chi connectivity index (χ0) is 19.2. The Kier molecular flexibility index (Phi) is 6.13. The molecule has 3 rings (SSSR count). The zero-order valence-electron chi connectivity index (χ0n) is 15.3. The number of carbonyl (C=O) groups is 2. The third kappa shape index (κ3) is 4.89. The first-order chi connectivity index (χ1) is 13.1. The van der Waals surface area contributed by atoms with Crippen LogP contribution in [0.4, 0.5) is 5.69 Å². The molecule has 0 aliphatic rings. The van der Waals surface area contributed by atoms with Crippen molar-refractivity contribution in [2.45, 2.75) is 19.4 Å². The lowest BCUT2D eigenvalue weighted by molar-refractivity contribution is -0.118. The molecule has 0 saturated carbocycles. The smallest absolute Gasteiger partial charge is 0.251 e. The van der Waals surface area contributed by atoms with Gasteiger partial charge in [-0.05, 0) is 55.7 Å². The molecule has 7 heteroatoms. The topological polar surface area (TPSA) is 86.9 Å². The minimum atomic E-state index is -0.606. The van der Waals surface area contributed by atoms with Gasteiger partial charge in [-0.3, -0.25) is 14.7 Å². The molecule has 0 aliphatic carbocycles. The van der Waals surface area contributed by atoms with E-state index in [0.717, 1.165) is 22.2 Å². The average molecular weight is 382 g/mol. The summed E-state index contributed by atoms with van der Waals surface area (Å²) in [4.78, 5) is 25.3. The van der Waals surface area contributed by atoms with Crippen LogP contribution in [0.5, 0.6) is 0 Å². The standard InChI is InChI=1S/C20H22N4O2S/c1-13-4-3-5-14(10-13)19(25)23-18(8-9-27-2)20(26)22-16-6-7-17-15(11-16)12-21-24-17/h3-7,10-12,18H,8-9H2,1-2H3,(H,21,24)(H,22,26)(H,23,25). The molecular weight excluding hydrogens is 360 g/mol. The maximum atomic E-state index is 12.8. The summed E-state index contributed by atoms with van der Waals surface area (Å²) in [5.41, 5.74) is 3.13. The van der Waals surface area contributed by atoms with Crippen molar-refractivity contribution >= 4 is 40.2 Å². The molecule has 1 aromatic heterocycles. The Morgan fingerprint density at radius 3 is 2.85 bits per heavy atom. The molecular formula is C20H22N4O2S. The van der Waals surface area contributed by atoms with Crippen molar-refractivity contribution in [3.8, 4) is 0 Å². The largest absolute Gasteiger partial charge is 0.340 e. The van der Waals surface area contributed by atoms with E-state index in [2.05, 4.69) is 20.8 Å². The third-order valence-electron chi connectivity index (χ3n) is 4.22. The lowest BCUT2D eigenvalue weighted by Gasteiger charge is -2.18. The van der Waals surface area contributed by atoms with Crippen LogP contribution in [0.15, 0.2) is 48.7 Å². The van der Waals surface area contributed by atoms with Gasteiger partial charge in [0.15, 0.2) is 0 Å². The number of hydrogen-bond donors (Lipinski definition) is 3. The molecule has 2 aromatic carbocycles. The van der Waals surface area contributed by atoms with Crippen molar-refractivity contribution < 1.29 is 9.59 Å².